The molecule has 0 aliphatic rings. The molecule has 0 unspecified atom stereocenters. The van der Waals surface area contributed by atoms with E-state index in [1.807, 2.05) is 12.1 Å². The smallest absolute Gasteiger partial charge is 0.335 e. The summed E-state index contributed by atoms with van der Waals surface area (Å²) < 4.78 is 0. The Morgan fingerprint density at radius 2 is 1.88 bits per heavy atom. The van der Waals surface area contributed by atoms with Crippen LogP contribution in [0, 0.1) is 5.92 Å². The van der Waals surface area contributed by atoms with E-state index in [9.17, 15) is 4.79 Å². The summed E-state index contributed by atoms with van der Waals surface area (Å²) in [6.07, 6.45) is 0. The van der Waals surface area contributed by atoms with E-state index in [0.717, 1.165) is 5.19 Å². The number of rotatable bonds is 4. The maximum absolute atomic E-state index is 11.1. The van der Waals surface area contributed by atoms with Gasteiger partial charge >= 0.3 is 5.97 Å². The summed E-state index contributed by atoms with van der Waals surface area (Å²) in [6.45, 7) is 8.89. The second-order valence-corrected chi connectivity index (χ2v) is 8.22. The van der Waals surface area contributed by atoms with Crippen molar-refractivity contribution >= 4 is 20.7 Å². The lowest BCUT2D eigenvalue weighted by molar-refractivity contribution is 0.0698. The summed E-state index contributed by atoms with van der Waals surface area (Å²) in [7, 11) is -0.584. The van der Waals surface area contributed by atoms with Crippen LogP contribution in [0.2, 0.25) is 5.04 Å². The van der Waals surface area contributed by atoms with Gasteiger partial charge < -0.3 is 5.11 Å². The average Bonchev–Trinajstić information content (AvgIpc) is 2.17. The zero-order valence-corrected chi connectivity index (χ0v) is 11.9. The normalized spacial score (nSPS) is 12.6. The maximum Gasteiger partial charge on any atom is 0.335 e. The number of carbonyl (C=O) groups is 1. The van der Waals surface area contributed by atoms with Crippen molar-refractivity contribution in [2.24, 2.45) is 5.92 Å². The minimum absolute atomic E-state index is 0.256. The van der Waals surface area contributed by atoms with Gasteiger partial charge in [-0.15, -0.1) is 0 Å². The standard InChI is InChI=1S/C13H20O2Si/c1-9(2)13(3,4)16-11-8-6-5-7-10(11)12(14)15/h5-9H,16H2,1-4H3,(H,14,15). The molecule has 0 saturated heterocycles. The minimum Gasteiger partial charge on any atom is -0.478 e. The van der Waals surface area contributed by atoms with Gasteiger partial charge in [-0.05, 0) is 17.0 Å². The van der Waals surface area contributed by atoms with Gasteiger partial charge in [0.2, 0.25) is 0 Å². The van der Waals surface area contributed by atoms with E-state index in [2.05, 4.69) is 27.7 Å². The van der Waals surface area contributed by atoms with Gasteiger partial charge in [0.1, 0.15) is 0 Å². The fourth-order valence-corrected chi connectivity index (χ4v) is 3.68. The third-order valence-electron chi connectivity index (χ3n) is 3.46. The van der Waals surface area contributed by atoms with E-state index in [1.165, 1.54) is 0 Å². The quantitative estimate of drug-likeness (QED) is 0.812. The Bertz CT molecular complexity index is 383. The van der Waals surface area contributed by atoms with E-state index in [4.69, 9.17) is 5.11 Å². The molecule has 0 spiro atoms. The number of hydrogen-bond acceptors (Lipinski definition) is 1. The molecule has 0 atom stereocenters. The van der Waals surface area contributed by atoms with Gasteiger partial charge in [0.25, 0.3) is 0 Å². The van der Waals surface area contributed by atoms with E-state index in [1.54, 1.807) is 12.1 Å². The molecule has 0 saturated carbocycles. The van der Waals surface area contributed by atoms with Crippen molar-refractivity contribution in [2.45, 2.75) is 32.7 Å². The highest BCUT2D eigenvalue weighted by atomic mass is 28.2. The lowest BCUT2D eigenvalue weighted by atomic mass is 9.99. The van der Waals surface area contributed by atoms with Crippen LogP contribution in [0.25, 0.3) is 0 Å². The van der Waals surface area contributed by atoms with Crippen LogP contribution in [0.5, 0.6) is 0 Å². The lowest BCUT2D eigenvalue weighted by Gasteiger charge is -2.29. The fraction of sp³-hybridized carbons (Fsp3) is 0.462. The highest BCUT2D eigenvalue weighted by Gasteiger charge is 2.25. The van der Waals surface area contributed by atoms with Crippen molar-refractivity contribution < 1.29 is 9.90 Å². The molecule has 0 heterocycles. The maximum atomic E-state index is 11.1. The average molecular weight is 236 g/mol. The van der Waals surface area contributed by atoms with Gasteiger partial charge in [-0.3, -0.25) is 0 Å². The summed E-state index contributed by atoms with van der Waals surface area (Å²) in [6, 6.07) is 7.41. The fourth-order valence-electron chi connectivity index (χ4n) is 1.58. The lowest BCUT2D eigenvalue weighted by Crippen LogP contribution is -2.32. The molecule has 88 valence electrons. The van der Waals surface area contributed by atoms with Gasteiger partial charge in [0, 0.05) is 0 Å². The van der Waals surface area contributed by atoms with Crippen molar-refractivity contribution in [1.82, 2.24) is 0 Å². The summed E-state index contributed by atoms with van der Waals surface area (Å²) >= 11 is 0. The third kappa shape index (κ3) is 2.95. The van der Waals surface area contributed by atoms with Crippen molar-refractivity contribution in [3.8, 4) is 0 Å². The first-order valence-electron chi connectivity index (χ1n) is 5.66. The van der Waals surface area contributed by atoms with Gasteiger partial charge in [0.15, 0.2) is 0 Å². The second kappa shape index (κ2) is 4.83. The molecule has 0 amide bonds. The van der Waals surface area contributed by atoms with E-state index in [-0.39, 0.29) is 5.04 Å². The first kappa shape index (κ1) is 13.0. The van der Waals surface area contributed by atoms with Crippen LogP contribution in [0.3, 0.4) is 0 Å². The van der Waals surface area contributed by atoms with Gasteiger partial charge in [-0.2, -0.15) is 0 Å². The van der Waals surface area contributed by atoms with Gasteiger partial charge in [-0.25, -0.2) is 4.79 Å². The van der Waals surface area contributed by atoms with Crippen LogP contribution >= 0.6 is 0 Å². The minimum atomic E-state index is -0.803. The summed E-state index contributed by atoms with van der Waals surface area (Å²) in [5.41, 5.74) is 0.489. The number of carboxylic acids is 1. The van der Waals surface area contributed by atoms with Crippen LogP contribution in [0.1, 0.15) is 38.1 Å². The van der Waals surface area contributed by atoms with Gasteiger partial charge in [-0.1, -0.05) is 51.1 Å². The first-order valence-corrected chi connectivity index (χ1v) is 7.07. The van der Waals surface area contributed by atoms with E-state index < -0.39 is 15.5 Å². The highest BCUT2D eigenvalue weighted by molar-refractivity contribution is 6.58. The number of aromatic carboxylic acids is 1. The Morgan fingerprint density at radius 3 is 2.38 bits per heavy atom. The Balaban J connectivity index is 3.02. The topological polar surface area (TPSA) is 37.3 Å². The molecule has 16 heavy (non-hydrogen) atoms. The molecule has 1 N–H and O–H groups in total. The Hall–Kier alpha value is -1.09. The van der Waals surface area contributed by atoms with Crippen molar-refractivity contribution in [2.75, 3.05) is 0 Å². The first-order chi connectivity index (χ1) is 7.34. The van der Waals surface area contributed by atoms with Crippen LogP contribution in [0.15, 0.2) is 24.3 Å². The molecular formula is C13H20O2Si. The molecule has 0 bridgehead atoms. The van der Waals surface area contributed by atoms with Crippen molar-refractivity contribution in [3.05, 3.63) is 29.8 Å². The Kier molecular flexibility index (Phi) is 3.91. The number of hydrogen-bond donors (Lipinski definition) is 1. The summed E-state index contributed by atoms with van der Waals surface area (Å²) in [5.74, 6) is -0.219. The van der Waals surface area contributed by atoms with Gasteiger partial charge in [0.05, 0.1) is 15.1 Å². The highest BCUT2D eigenvalue weighted by Crippen LogP contribution is 2.32. The van der Waals surface area contributed by atoms with Crippen LogP contribution in [0.4, 0.5) is 0 Å². The SMILES string of the molecule is CC(C)C(C)(C)[SiH2]c1ccccc1C(=O)O. The number of benzene rings is 1. The number of carboxylic acid groups (broad SMARTS) is 1. The van der Waals surface area contributed by atoms with E-state index >= 15 is 0 Å². The van der Waals surface area contributed by atoms with Crippen molar-refractivity contribution in [1.29, 1.82) is 0 Å². The molecule has 1 aromatic carbocycles. The molecule has 3 heteroatoms. The zero-order chi connectivity index (χ0) is 12.3. The Labute approximate surface area is 99.5 Å². The molecule has 0 radical (unpaired) electrons. The zero-order valence-electron chi connectivity index (χ0n) is 10.4. The van der Waals surface area contributed by atoms with E-state index in [0.29, 0.717) is 11.5 Å². The molecule has 0 aromatic heterocycles. The summed E-state index contributed by atoms with van der Waals surface area (Å²) in [4.78, 5) is 11.1. The molecule has 1 aromatic rings. The molecule has 1 rings (SSSR count). The molecule has 0 aliphatic carbocycles. The summed E-state index contributed by atoms with van der Waals surface area (Å²) in [5, 5.41) is 10.4. The predicted molar refractivity (Wildman–Crippen MR) is 70.5 cm³/mol. The predicted octanol–water partition coefficient (Wildman–Crippen LogP) is 2.03. The largest absolute Gasteiger partial charge is 0.478 e. The molecule has 0 aliphatic heterocycles. The van der Waals surface area contributed by atoms with Crippen LogP contribution < -0.4 is 5.19 Å². The third-order valence-corrected chi connectivity index (χ3v) is 6.18. The molecular weight excluding hydrogens is 216 g/mol. The molecule has 0 fully saturated rings. The van der Waals surface area contributed by atoms with Crippen LogP contribution in [-0.4, -0.2) is 20.6 Å². The Morgan fingerprint density at radius 1 is 1.31 bits per heavy atom. The monoisotopic (exact) mass is 236 g/mol. The molecule has 2 nitrogen and oxygen atoms in total. The van der Waals surface area contributed by atoms with Crippen molar-refractivity contribution in [3.63, 3.8) is 0 Å². The second-order valence-electron chi connectivity index (χ2n) is 5.28. The van der Waals surface area contributed by atoms with Crippen LogP contribution in [-0.2, 0) is 0 Å².